The third kappa shape index (κ3) is 4.59. The summed E-state index contributed by atoms with van der Waals surface area (Å²) in [6.07, 6.45) is -0.0398. The first-order valence-corrected chi connectivity index (χ1v) is 5.76. The van der Waals surface area contributed by atoms with E-state index < -0.39 is 5.97 Å². The summed E-state index contributed by atoms with van der Waals surface area (Å²) in [4.78, 5) is 22.4. The molecule has 19 heavy (non-hydrogen) atoms. The molecule has 0 aliphatic rings. The third-order valence-corrected chi connectivity index (χ3v) is 2.27. The van der Waals surface area contributed by atoms with Gasteiger partial charge in [-0.3, -0.25) is 4.79 Å². The van der Waals surface area contributed by atoms with Gasteiger partial charge in [0.1, 0.15) is 12.4 Å². The van der Waals surface area contributed by atoms with E-state index in [0.29, 0.717) is 5.69 Å². The van der Waals surface area contributed by atoms with Crippen molar-refractivity contribution >= 4 is 17.6 Å². The third-order valence-electron chi connectivity index (χ3n) is 2.27. The van der Waals surface area contributed by atoms with Crippen LogP contribution in [-0.4, -0.2) is 36.8 Å². The van der Waals surface area contributed by atoms with Gasteiger partial charge in [-0.2, -0.15) is 0 Å². The zero-order chi connectivity index (χ0) is 14.4. The maximum atomic E-state index is 11.6. The highest BCUT2D eigenvalue weighted by Crippen LogP contribution is 2.25. The molecule has 1 amide bonds. The van der Waals surface area contributed by atoms with E-state index in [1.807, 2.05) is 13.8 Å². The SMILES string of the molecule is COc1cc(C(=O)O)ccc1NC(=O)COC(C)C. The standard InChI is InChI=1S/C13H17NO5/c1-8(2)19-7-12(15)14-10-5-4-9(13(16)17)6-11(10)18-3/h4-6,8H,7H2,1-3H3,(H,14,15)(H,16,17). The number of rotatable bonds is 6. The number of carboxylic acid groups (broad SMARTS) is 1. The summed E-state index contributed by atoms with van der Waals surface area (Å²) in [7, 11) is 1.40. The molecule has 0 unspecified atom stereocenters. The average Bonchev–Trinajstić information content (AvgIpc) is 2.36. The Hall–Kier alpha value is -2.08. The molecule has 0 saturated heterocycles. The smallest absolute Gasteiger partial charge is 0.335 e. The number of nitrogens with one attached hydrogen (secondary N) is 1. The number of carboxylic acids is 1. The largest absolute Gasteiger partial charge is 0.495 e. The van der Waals surface area contributed by atoms with Crippen LogP contribution in [0.4, 0.5) is 5.69 Å². The van der Waals surface area contributed by atoms with Crippen molar-refractivity contribution in [2.45, 2.75) is 20.0 Å². The molecule has 0 fully saturated rings. The molecule has 104 valence electrons. The van der Waals surface area contributed by atoms with Gasteiger partial charge in [0.25, 0.3) is 0 Å². The molecule has 2 N–H and O–H groups in total. The molecule has 0 heterocycles. The van der Waals surface area contributed by atoms with Crippen LogP contribution in [-0.2, 0) is 9.53 Å². The maximum absolute atomic E-state index is 11.6. The normalized spacial score (nSPS) is 10.3. The Morgan fingerprint density at radius 1 is 1.37 bits per heavy atom. The van der Waals surface area contributed by atoms with E-state index in [2.05, 4.69) is 5.32 Å². The molecule has 0 saturated carbocycles. The predicted molar refractivity (Wildman–Crippen MR) is 69.7 cm³/mol. The second-order valence-electron chi connectivity index (χ2n) is 4.13. The van der Waals surface area contributed by atoms with Crippen LogP contribution in [0.2, 0.25) is 0 Å². The van der Waals surface area contributed by atoms with Crippen molar-refractivity contribution in [1.29, 1.82) is 0 Å². The highest BCUT2D eigenvalue weighted by Gasteiger charge is 2.11. The first-order valence-electron chi connectivity index (χ1n) is 5.76. The van der Waals surface area contributed by atoms with Crippen molar-refractivity contribution in [2.75, 3.05) is 19.0 Å². The Labute approximate surface area is 111 Å². The number of anilines is 1. The minimum absolute atomic E-state index is 0.0398. The number of aromatic carboxylic acids is 1. The van der Waals surface area contributed by atoms with Crippen molar-refractivity contribution in [3.63, 3.8) is 0 Å². The van der Waals surface area contributed by atoms with Crippen LogP contribution < -0.4 is 10.1 Å². The van der Waals surface area contributed by atoms with Gasteiger partial charge in [-0.05, 0) is 32.0 Å². The number of carbonyl (C=O) groups excluding carboxylic acids is 1. The summed E-state index contributed by atoms with van der Waals surface area (Å²) < 4.78 is 10.2. The van der Waals surface area contributed by atoms with Gasteiger partial charge in [0, 0.05) is 0 Å². The minimum atomic E-state index is -1.06. The first-order chi connectivity index (χ1) is 8.93. The van der Waals surface area contributed by atoms with Gasteiger partial charge in [0.05, 0.1) is 24.5 Å². The zero-order valence-electron chi connectivity index (χ0n) is 11.1. The van der Waals surface area contributed by atoms with Crippen molar-refractivity contribution in [1.82, 2.24) is 0 Å². The molecule has 6 heteroatoms. The molecule has 1 aromatic rings. The average molecular weight is 267 g/mol. The van der Waals surface area contributed by atoms with Crippen LogP contribution in [0.5, 0.6) is 5.75 Å². The number of benzene rings is 1. The molecule has 1 rings (SSSR count). The van der Waals surface area contributed by atoms with Crippen molar-refractivity contribution < 1.29 is 24.2 Å². The lowest BCUT2D eigenvalue weighted by Gasteiger charge is -2.12. The topological polar surface area (TPSA) is 84.9 Å². The van der Waals surface area contributed by atoms with Gasteiger partial charge >= 0.3 is 5.97 Å². The fourth-order valence-corrected chi connectivity index (χ4v) is 1.36. The molecule has 0 aromatic heterocycles. The number of amides is 1. The van der Waals surface area contributed by atoms with Crippen LogP contribution in [0.25, 0.3) is 0 Å². The fourth-order valence-electron chi connectivity index (χ4n) is 1.36. The molecule has 0 aliphatic heterocycles. The van der Waals surface area contributed by atoms with E-state index >= 15 is 0 Å². The molecule has 0 radical (unpaired) electrons. The number of hydrogen-bond donors (Lipinski definition) is 2. The monoisotopic (exact) mass is 267 g/mol. The van der Waals surface area contributed by atoms with E-state index in [1.165, 1.54) is 25.3 Å². The zero-order valence-corrected chi connectivity index (χ0v) is 11.1. The molecule has 0 atom stereocenters. The van der Waals surface area contributed by atoms with E-state index in [-0.39, 0.29) is 29.9 Å². The molecular formula is C13H17NO5. The lowest BCUT2D eigenvalue weighted by Crippen LogP contribution is -2.21. The van der Waals surface area contributed by atoms with Gasteiger partial charge in [-0.1, -0.05) is 0 Å². The predicted octanol–water partition coefficient (Wildman–Crippen LogP) is 1.76. The fraction of sp³-hybridized carbons (Fsp3) is 0.385. The number of carbonyl (C=O) groups is 2. The number of methoxy groups -OCH3 is 1. The molecular weight excluding hydrogens is 250 g/mol. The summed E-state index contributed by atoms with van der Waals surface area (Å²) in [6.45, 7) is 3.59. The molecule has 0 spiro atoms. The Morgan fingerprint density at radius 2 is 2.05 bits per heavy atom. The van der Waals surface area contributed by atoms with Crippen molar-refractivity contribution in [2.24, 2.45) is 0 Å². The van der Waals surface area contributed by atoms with Gasteiger partial charge in [0.15, 0.2) is 0 Å². The Kier molecular flexibility index (Phi) is 5.32. The molecule has 6 nitrogen and oxygen atoms in total. The highest BCUT2D eigenvalue weighted by molar-refractivity contribution is 5.95. The van der Waals surface area contributed by atoms with Crippen LogP contribution in [0.1, 0.15) is 24.2 Å². The summed E-state index contributed by atoms with van der Waals surface area (Å²) in [5.74, 6) is -1.09. The van der Waals surface area contributed by atoms with Crippen molar-refractivity contribution in [3.8, 4) is 5.75 Å². The van der Waals surface area contributed by atoms with Crippen molar-refractivity contribution in [3.05, 3.63) is 23.8 Å². The van der Waals surface area contributed by atoms with Gasteiger partial charge in [-0.25, -0.2) is 4.79 Å². The Bertz CT molecular complexity index is 470. The molecule has 0 bridgehead atoms. The summed E-state index contributed by atoms with van der Waals surface area (Å²) in [6, 6.07) is 4.22. The van der Waals surface area contributed by atoms with E-state index in [9.17, 15) is 9.59 Å². The maximum Gasteiger partial charge on any atom is 0.335 e. The van der Waals surface area contributed by atoms with Crippen LogP contribution >= 0.6 is 0 Å². The summed E-state index contributed by atoms with van der Waals surface area (Å²) in [5, 5.41) is 11.5. The second kappa shape index (κ2) is 6.75. The van der Waals surface area contributed by atoms with Gasteiger partial charge in [0.2, 0.25) is 5.91 Å². The molecule has 0 aliphatic carbocycles. The quantitative estimate of drug-likeness (QED) is 0.820. The lowest BCUT2D eigenvalue weighted by molar-refractivity contribution is -0.121. The van der Waals surface area contributed by atoms with Crippen LogP contribution in [0.3, 0.4) is 0 Å². The Balaban J connectivity index is 2.78. The lowest BCUT2D eigenvalue weighted by atomic mass is 10.2. The van der Waals surface area contributed by atoms with E-state index in [4.69, 9.17) is 14.6 Å². The Morgan fingerprint density at radius 3 is 2.58 bits per heavy atom. The van der Waals surface area contributed by atoms with Crippen LogP contribution in [0, 0.1) is 0 Å². The number of hydrogen-bond acceptors (Lipinski definition) is 4. The molecule has 1 aromatic carbocycles. The summed E-state index contributed by atoms with van der Waals surface area (Å²) in [5.41, 5.74) is 0.498. The summed E-state index contributed by atoms with van der Waals surface area (Å²) >= 11 is 0. The number of ether oxygens (including phenoxy) is 2. The first kappa shape index (κ1) is 15.0. The minimum Gasteiger partial charge on any atom is -0.495 e. The highest BCUT2D eigenvalue weighted by atomic mass is 16.5. The van der Waals surface area contributed by atoms with Crippen LogP contribution in [0.15, 0.2) is 18.2 Å². The second-order valence-corrected chi connectivity index (χ2v) is 4.13. The van der Waals surface area contributed by atoms with Gasteiger partial charge < -0.3 is 19.9 Å². The van der Waals surface area contributed by atoms with Gasteiger partial charge in [-0.15, -0.1) is 0 Å². The van der Waals surface area contributed by atoms with E-state index in [1.54, 1.807) is 0 Å². The van der Waals surface area contributed by atoms with E-state index in [0.717, 1.165) is 0 Å².